The van der Waals surface area contributed by atoms with Crippen molar-refractivity contribution in [1.82, 2.24) is 19.9 Å². The zero-order valence-corrected chi connectivity index (χ0v) is 18.9. The highest BCUT2D eigenvalue weighted by molar-refractivity contribution is 7.93. The first kappa shape index (κ1) is 23.7. The number of nitrogens with zero attached hydrogens (tertiary/aromatic N) is 3. The average molecular weight is 494 g/mol. The number of hydrogen-bond donors (Lipinski definition) is 2. The molecule has 1 aliphatic rings. The van der Waals surface area contributed by atoms with Crippen LogP contribution in [0.15, 0.2) is 54.1 Å². The molecular weight excluding hydrogens is 471 g/mol. The zero-order valence-electron chi connectivity index (χ0n) is 18.1. The lowest BCUT2D eigenvalue weighted by molar-refractivity contribution is -0.141. The number of sulfone groups is 1. The molecule has 0 aromatic carbocycles. The van der Waals surface area contributed by atoms with E-state index in [1.165, 1.54) is 6.08 Å². The minimum absolute atomic E-state index is 0.0631. The van der Waals surface area contributed by atoms with Gasteiger partial charge in [-0.1, -0.05) is 12.1 Å². The normalized spacial score (nSPS) is 15.5. The van der Waals surface area contributed by atoms with Gasteiger partial charge in [-0.25, -0.2) is 17.9 Å². The molecule has 180 valence electrons. The molecule has 3 aromatic rings. The third-order valence-electron chi connectivity index (χ3n) is 5.33. The van der Waals surface area contributed by atoms with E-state index in [1.807, 2.05) is 6.07 Å². The number of rotatable bonds is 8. The van der Waals surface area contributed by atoms with Crippen LogP contribution in [0.25, 0.3) is 5.52 Å². The Balaban J connectivity index is 1.61. The maximum Gasteiger partial charge on any atom is 0.433 e. The first-order chi connectivity index (χ1) is 16.0. The molecule has 1 saturated carbocycles. The second-order valence-corrected chi connectivity index (χ2v) is 10.1. The lowest BCUT2D eigenvalue weighted by Gasteiger charge is -2.18. The Labute approximate surface area is 193 Å². The quantitative estimate of drug-likeness (QED) is 0.498. The summed E-state index contributed by atoms with van der Waals surface area (Å²) in [6.45, 7) is 0.0631. The monoisotopic (exact) mass is 493 g/mol. The molecular formula is C22H22F3N5O3S. The summed E-state index contributed by atoms with van der Waals surface area (Å²) in [5.74, 6) is -0.826. The highest BCUT2D eigenvalue weighted by Gasteiger charge is 2.35. The number of anilines is 1. The molecule has 0 radical (unpaired) electrons. The van der Waals surface area contributed by atoms with E-state index in [4.69, 9.17) is 0 Å². The largest absolute Gasteiger partial charge is 0.433 e. The summed E-state index contributed by atoms with van der Waals surface area (Å²) < 4.78 is 64.5. The standard InChI is InChI=1S/C22H22F3N5O3S/c1-34(32,33)12-10-18(14-5-6-14)28-21(31)17-7-8-19(22(23,24)25)29-20(17)26-13-16-4-2-3-15-9-11-27-30(15)16/h2-4,7-12,14,18H,5-6,13H2,1H3,(H,26,29)(H,28,31)/b12-10+/t18-/m1/s1. The van der Waals surface area contributed by atoms with Crippen LogP contribution in [0.1, 0.15) is 34.6 Å². The van der Waals surface area contributed by atoms with Crippen molar-refractivity contribution < 1.29 is 26.4 Å². The highest BCUT2D eigenvalue weighted by Crippen LogP contribution is 2.34. The third kappa shape index (κ3) is 5.74. The van der Waals surface area contributed by atoms with Gasteiger partial charge in [0, 0.05) is 17.9 Å². The van der Waals surface area contributed by atoms with Crippen molar-refractivity contribution in [2.75, 3.05) is 11.6 Å². The number of carbonyl (C=O) groups is 1. The van der Waals surface area contributed by atoms with E-state index in [1.54, 1.807) is 28.9 Å². The van der Waals surface area contributed by atoms with E-state index in [2.05, 4.69) is 20.7 Å². The Kier molecular flexibility index (Phi) is 6.34. The minimum atomic E-state index is -4.69. The number of carbonyl (C=O) groups excluding carboxylic acids is 1. The van der Waals surface area contributed by atoms with Crippen LogP contribution in [0.4, 0.5) is 19.0 Å². The number of amides is 1. The molecule has 3 aromatic heterocycles. The third-order valence-corrected chi connectivity index (χ3v) is 5.98. The van der Waals surface area contributed by atoms with Crippen LogP contribution in [-0.2, 0) is 22.6 Å². The van der Waals surface area contributed by atoms with Gasteiger partial charge in [-0.15, -0.1) is 0 Å². The Morgan fingerprint density at radius 2 is 2.00 bits per heavy atom. The number of pyridine rings is 2. The number of nitrogens with one attached hydrogen (secondary N) is 2. The number of alkyl halides is 3. The molecule has 4 rings (SSSR count). The van der Waals surface area contributed by atoms with Crippen molar-refractivity contribution in [3.63, 3.8) is 0 Å². The van der Waals surface area contributed by atoms with Gasteiger partial charge in [-0.3, -0.25) is 4.79 Å². The molecule has 34 heavy (non-hydrogen) atoms. The molecule has 2 N–H and O–H groups in total. The van der Waals surface area contributed by atoms with Crippen molar-refractivity contribution >= 4 is 27.1 Å². The van der Waals surface area contributed by atoms with Crippen LogP contribution in [0, 0.1) is 5.92 Å². The fourth-order valence-corrected chi connectivity index (χ4v) is 3.94. The van der Waals surface area contributed by atoms with Crippen LogP contribution in [-0.4, -0.2) is 41.2 Å². The minimum Gasteiger partial charge on any atom is -0.364 e. The Bertz CT molecular complexity index is 1350. The van der Waals surface area contributed by atoms with E-state index < -0.39 is 33.7 Å². The summed E-state index contributed by atoms with van der Waals surface area (Å²) in [6, 6.07) is 8.40. The van der Waals surface area contributed by atoms with E-state index in [0.29, 0.717) is 5.69 Å². The molecule has 1 fully saturated rings. The molecule has 1 atom stereocenters. The molecule has 1 aliphatic carbocycles. The lowest BCUT2D eigenvalue weighted by Crippen LogP contribution is -2.35. The number of fused-ring (bicyclic) bond motifs is 1. The Morgan fingerprint density at radius 3 is 2.68 bits per heavy atom. The molecule has 1 amide bonds. The number of hydrogen-bond acceptors (Lipinski definition) is 6. The van der Waals surface area contributed by atoms with E-state index in [0.717, 1.165) is 42.2 Å². The maximum absolute atomic E-state index is 13.3. The maximum atomic E-state index is 13.3. The van der Waals surface area contributed by atoms with Gasteiger partial charge in [0.05, 0.1) is 29.4 Å². The summed E-state index contributed by atoms with van der Waals surface area (Å²) >= 11 is 0. The molecule has 0 aliphatic heterocycles. The van der Waals surface area contributed by atoms with Crippen LogP contribution < -0.4 is 10.6 Å². The van der Waals surface area contributed by atoms with Gasteiger partial charge in [0.25, 0.3) is 5.91 Å². The molecule has 0 unspecified atom stereocenters. The summed E-state index contributed by atoms with van der Waals surface area (Å²) in [6.07, 6.45) is 0.961. The van der Waals surface area contributed by atoms with Gasteiger partial charge in [-0.2, -0.15) is 18.3 Å². The van der Waals surface area contributed by atoms with Crippen LogP contribution >= 0.6 is 0 Å². The molecule has 12 heteroatoms. The summed E-state index contributed by atoms with van der Waals surface area (Å²) in [7, 11) is -3.40. The lowest BCUT2D eigenvalue weighted by atomic mass is 10.1. The second kappa shape index (κ2) is 9.09. The molecule has 0 saturated heterocycles. The summed E-state index contributed by atoms with van der Waals surface area (Å²) in [5, 5.41) is 10.8. The summed E-state index contributed by atoms with van der Waals surface area (Å²) in [4.78, 5) is 16.7. The first-order valence-corrected chi connectivity index (χ1v) is 12.4. The van der Waals surface area contributed by atoms with Crippen LogP contribution in [0.2, 0.25) is 0 Å². The van der Waals surface area contributed by atoms with E-state index in [-0.39, 0.29) is 23.8 Å². The fraction of sp³-hybridized carbons (Fsp3) is 0.318. The second-order valence-electron chi connectivity index (χ2n) is 8.12. The predicted molar refractivity (Wildman–Crippen MR) is 120 cm³/mol. The molecule has 3 heterocycles. The molecule has 8 nitrogen and oxygen atoms in total. The summed E-state index contributed by atoms with van der Waals surface area (Å²) in [5.41, 5.74) is 0.234. The highest BCUT2D eigenvalue weighted by atomic mass is 32.2. The topological polar surface area (TPSA) is 105 Å². The molecule has 0 spiro atoms. The van der Waals surface area contributed by atoms with Gasteiger partial charge in [0.1, 0.15) is 11.5 Å². The Hall–Kier alpha value is -3.41. The van der Waals surface area contributed by atoms with Crippen molar-refractivity contribution in [3.8, 4) is 0 Å². The predicted octanol–water partition coefficient (Wildman–Crippen LogP) is 3.43. The number of halogens is 3. The number of aromatic nitrogens is 3. The van der Waals surface area contributed by atoms with E-state index in [9.17, 15) is 26.4 Å². The van der Waals surface area contributed by atoms with Crippen LogP contribution in [0.5, 0.6) is 0 Å². The Morgan fingerprint density at radius 1 is 1.24 bits per heavy atom. The first-order valence-electron chi connectivity index (χ1n) is 10.4. The smallest absolute Gasteiger partial charge is 0.364 e. The van der Waals surface area contributed by atoms with Gasteiger partial charge in [-0.05, 0) is 49.1 Å². The van der Waals surface area contributed by atoms with Crippen molar-refractivity contribution in [2.24, 2.45) is 5.92 Å². The van der Waals surface area contributed by atoms with Crippen molar-refractivity contribution in [1.29, 1.82) is 0 Å². The van der Waals surface area contributed by atoms with Crippen molar-refractivity contribution in [3.05, 3.63) is 71.0 Å². The van der Waals surface area contributed by atoms with E-state index >= 15 is 0 Å². The van der Waals surface area contributed by atoms with Crippen LogP contribution in [0.3, 0.4) is 0 Å². The zero-order chi connectivity index (χ0) is 24.5. The van der Waals surface area contributed by atoms with Gasteiger partial charge < -0.3 is 10.6 Å². The van der Waals surface area contributed by atoms with Crippen molar-refractivity contribution in [2.45, 2.75) is 31.6 Å². The molecule has 0 bridgehead atoms. The van der Waals surface area contributed by atoms with Gasteiger partial charge in [0.15, 0.2) is 9.84 Å². The fourth-order valence-electron chi connectivity index (χ4n) is 3.49. The SMILES string of the molecule is CS(=O)(=O)/C=C/[C@@H](NC(=O)c1ccc(C(F)(F)F)nc1NCc1cccc2ccnn12)C1CC1. The van der Waals surface area contributed by atoms with Gasteiger partial charge in [0.2, 0.25) is 0 Å². The van der Waals surface area contributed by atoms with Gasteiger partial charge >= 0.3 is 6.18 Å². The average Bonchev–Trinajstić information content (AvgIpc) is 3.49.